The molecule has 0 saturated carbocycles. The Hall–Kier alpha value is -1.47. The van der Waals surface area contributed by atoms with E-state index >= 15 is 0 Å². The molecule has 1 aromatic rings. The molecule has 19 heavy (non-hydrogen) atoms. The van der Waals surface area contributed by atoms with Crippen molar-refractivity contribution in [2.45, 2.75) is 12.7 Å². The summed E-state index contributed by atoms with van der Waals surface area (Å²) >= 11 is 0. The minimum absolute atomic E-state index is 0.0232. The zero-order valence-electron chi connectivity index (χ0n) is 10.5. The lowest BCUT2D eigenvalue weighted by molar-refractivity contribution is -0.175. The molecule has 0 atom stereocenters. The Bertz CT molecular complexity index is 396. The van der Waals surface area contributed by atoms with Crippen LogP contribution in [0.5, 0.6) is 11.5 Å². The van der Waals surface area contributed by atoms with Gasteiger partial charge in [-0.1, -0.05) is 0 Å². The maximum atomic E-state index is 11.8. The highest BCUT2D eigenvalue weighted by atomic mass is 19.4. The number of hydrogen-bond acceptors (Lipinski definition) is 4. The largest absolute Gasteiger partial charge is 0.497 e. The van der Waals surface area contributed by atoms with E-state index in [2.05, 4.69) is 4.74 Å². The molecule has 0 unspecified atom stereocenters. The van der Waals surface area contributed by atoms with E-state index in [0.717, 1.165) is 5.56 Å². The molecule has 0 heterocycles. The van der Waals surface area contributed by atoms with E-state index in [1.807, 2.05) is 0 Å². The molecule has 1 aromatic carbocycles. The third kappa shape index (κ3) is 5.80. The van der Waals surface area contributed by atoms with Crippen molar-refractivity contribution in [3.8, 4) is 11.5 Å². The number of rotatable bonds is 7. The molecular weight excluding hydrogens is 263 g/mol. The van der Waals surface area contributed by atoms with Crippen molar-refractivity contribution in [1.29, 1.82) is 0 Å². The zero-order valence-corrected chi connectivity index (χ0v) is 10.5. The standard InChI is InChI=1S/C12H16F3NO3/c1-17-10-2-3-11(9(6-10)7-16)19-5-4-18-8-12(13,14)15/h2-3,6H,4-5,7-8,16H2,1H3. The Morgan fingerprint density at radius 2 is 1.95 bits per heavy atom. The minimum Gasteiger partial charge on any atom is -0.497 e. The van der Waals surface area contributed by atoms with E-state index in [4.69, 9.17) is 15.2 Å². The molecule has 108 valence electrons. The second-order valence-electron chi connectivity index (χ2n) is 3.69. The lowest BCUT2D eigenvalue weighted by Gasteiger charge is -2.12. The van der Waals surface area contributed by atoms with E-state index in [9.17, 15) is 13.2 Å². The van der Waals surface area contributed by atoms with Crippen LogP contribution in [-0.2, 0) is 11.3 Å². The number of ether oxygens (including phenoxy) is 3. The summed E-state index contributed by atoms with van der Waals surface area (Å²) in [7, 11) is 1.53. The first kappa shape index (κ1) is 15.6. The van der Waals surface area contributed by atoms with Gasteiger partial charge in [0, 0.05) is 12.1 Å². The average molecular weight is 279 g/mol. The molecule has 0 amide bonds. The number of nitrogens with two attached hydrogens (primary N) is 1. The number of halogens is 3. The molecule has 2 N–H and O–H groups in total. The summed E-state index contributed by atoms with van der Waals surface area (Å²) in [5, 5.41) is 0. The molecule has 0 aliphatic heterocycles. The summed E-state index contributed by atoms with van der Waals surface area (Å²) in [6.45, 7) is -1.15. The predicted octanol–water partition coefficient (Wildman–Crippen LogP) is 2.11. The van der Waals surface area contributed by atoms with Crippen molar-refractivity contribution < 1.29 is 27.4 Å². The van der Waals surface area contributed by atoms with Gasteiger partial charge in [-0.05, 0) is 18.2 Å². The van der Waals surface area contributed by atoms with Crippen molar-refractivity contribution in [2.24, 2.45) is 5.73 Å². The van der Waals surface area contributed by atoms with Crippen molar-refractivity contribution in [3.05, 3.63) is 23.8 Å². The molecule has 0 aromatic heterocycles. The predicted molar refractivity (Wildman–Crippen MR) is 63.3 cm³/mol. The zero-order chi connectivity index (χ0) is 14.3. The van der Waals surface area contributed by atoms with Gasteiger partial charge in [-0.3, -0.25) is 0 Å². The summed E-state index contributed by atoms with van der Waals surface area (Å²) in [4.78, 5) is 0. The summed E-state index contributed by atoms with van der Waals surface area (Å²) in [5.41, 5.74) is 6.26. The second kappa shape index (κ2) is 7.20. The van der Waals surface area contributed by atoms with E-state index in [1.165, 1.54) is 7.11 Å². The van der Waals surface area contributed by atoms with Crippen LogP contribution in [0.4, 0.5) is 13.2 Å². The molecule has 7 heteroatoms. The van der Waals surface area contributed by atoms with Gasteiger partial charge in [-0.25, -0.2) is 0 Å². The van der Waals surface area contributed by atoms with Crippen molar-refractivity contribution in [1.82, 2.24) is 0 Å². The monoisotopic (exact) mass is 279 g/mol. The SMILES string of the molecule is COc1ccc(OCCOCC(F)(F)F)c(CN)c1. The van der Waals surface area contributed by atoms with E-state index in [0.29, 0.717) is 11.5 Å². The van der Waals surface area contributed by atoms with Gasteiger partial charge in [0.25, 0.3) is 0 Å². The molecule has 0 fully saturated rings. The van der Waals surface area contributed by atoms with Crippen molar-refractivity contribution in [3.63, 3.8) is 0 Å². The summed E-state index contributed by atoms with van der Waals surface area (Å²) in [5.74, 6) is 1.15. The van der Waals surface area contributed by atoms with Crippen LogP contribution in [0.3, 0.4) is 0 Å². The van der Waals surface area contributed by atoms with Crippen LogP contribution in [0.15, 0.2) is 18.2 Å². The molecule has 0 spiro atoms. The molecule has 4 nitrogen and oxygen atoms in total. The van der Waals surface area contributed by atoms with Crippen LogP contribution in [0.25, 0.3) is 0 Å². The van der Waals surface area contributed by atoms with Crippen molar-refractivity contribution in [2.75, 3.05) is 26.9 Å². The van der Waals surface area contributed by atoms with Gasteiger partial charge in [0.05, 0.1) is 13.7 Å². The van der Waals surface area contributed by atoms with Gasteiger partial charge in [0.15, 0.2) is 0 Å². The van der Waals surface area contributed by atoms with Crippen LogP contribution >= 0.6 is 0 Å². The number of benzene rings is 1. The Morgan fingerprint density at radius 1 is 1.21 bits per heavy atom. The highest BCUT2D eigenvalue weighted by molar-refractivity contribution is 5.40. The first-order valence-corrected chi connectivity index (χ1v) is 5.60. The average Bonchev–Trinajstić information content (AvgIpc) is 2.37. The van der Waals surface area contributed by atoms with E-state index in [1.54, 1.807) is 18.2 Å². The third-order valence-electron chi connectivity index (χ3n) is 2.24. The lowest BCUT2D eigenvalue weighted by Crippen LogP contribution is -2.19. The molecule has 0 bridgehead atoms. The van der Waals surface area contributed by atoms with Crippen LogP contribution in [-0.4, -0.2) is 33.1 Å². The van der Waals surface area contributed by atoms with Crippen LogP contribution in [0.2, 0.25) is 0 Å². The van der Waals surface area contributed by atoms with Gasteiger partial charge in [-0.2, -0.15) is 13.2 Å². The summed E-state index contributed by atoms with van der Waals surface area (Å²) in [6, 6.07) is 5.06. The highest BCUT2D eigenvalue weighted by Crippen LogP contribution is 2.23. The topological polar surface area (TPSA) is 53.7 Å². The number of hydrogen-bond donors (Lipinski definition) is 1. The van der Waals surface area contributed by atoms with Crippen LogP contribution in [0, 0.1) is 0 Å². The Balaban J connectivity index is 2.41. The van der Waals surface area contributed by atoms with Crippen LogP contribution < -0.4 is 15.2 Å². The Morgan fingerprint density at radius 3 is 2.53 bits per heavy atom. The van der Waals surface area contributed by atoms with Crippen LogP contribution in [0.1, 0.15) is 5.56 Å². The number of alkyl halides is 3. The lowest BCUT2D eigenvalue weighted by atomic mass is 10.2. The first-order valence-electron chi connectivity index (χ1n) is 5.60. The molecule has 0 saturated heterocycles. The van der Waals surface area contributed by atoms with Gasteiger partial charge in [-0.15, -0.1) is 0 Å². The Kier molecular flexibility index (Phi) is 5.91. The fraction of sp³-hybridized carbons (Fsp3) is 0.500. The summed E-state index contributed by atoms with van der Waals surface area (Å²) < 4.78 is 50.2. The fourth-order valence-electron chi connectivity index (χ4n) is 1.38. The number of methoxy groups -OCH3 is 1. The quantitative estimate of drug-likeness (QED) is 0.777. The van der Waals surface area contributed by atoms with E-state index < -0.39 is 12.8 Å². The maximum Gasteiger partial charge on any atom is 0.411 e. The van der Waals surface area contributed by atoms with Gasteiger partial charge in [0.2, 0.25) is 0 Å². The maximum absolute atomic E-state index is 11.8. The molecule has 0 aliphatic carbocycles. The molecule has 0 radical (unpaired) electrons. The molecule has 1 rings (SSSR count). The summed E-state index contributed by atoms with van der Waals surface area (Å²) in [6.07, 6.45) is -4.32. The van der Waals surface area contributed by atoms with Crippen molar-refractivity contribution >= 4 is 0 Å². The van der Waals surface area contributed by atoms with Gasteiger partial charge >= 0.3 is 6.18 Å². The fourth-order valence-corrected chi connectivity index (χ4v) is 1.38. The third-order valence-corrected chi connectivity index (χ3v) is 2.24. The molecule has 0 aliphatic rings. The van der Waals surface area contributed by atoms with E-state index in [-0.39, 0.29) is 19.8 Å². The molecular formula is C12H16F3NO3. The highest BCUT2D eigenvalue weighted by Gasteiger charge is 2.27. The first-order chi connectivity index (χ1) is 8.96. The van der Waals surface area contributed by atoms with Gasteiger partial charge in [0.1, 0.15) is 24.7 Å². The normalized spacial score (nSPS) is 11.4. The Labute approximate surface area is 109 Å². The second-order valence-corrected chi connectivity index (χ2v) is 3.69. The minimum atomic E-state index is -4.32. The van der Waals surface area contributed by atoms with Gasteiger partial charge < -0.3 is 19.9 Å². The smallest absolute Gasteiger partial charge is 0.411 e.